The van der Waals surface area contributed by atoms with E-state index in [1.165, 1.54) is 0 Å². The molecular formula is C17H24BrN3O2. The third kappa shape index (κ3) is 5.86. The van der Waals surface area contributed by atoms with Crippen molar-refractivity contribution in [3.8, 4) is 0 Å². The maximum absolute atomic E-state index is 12.2. The van der Waals surface area contributed by atoms with Crippen LogP contribution in [-0.2, 0) is 4.79 Å². The van der Waals surface area contributed by atoms with Crippen molar-refractivity contribution < 1.29 is 9.59 Å². The van der Waals surface area contributed by atoms with Gasteiger partial charge in [-0.3, -0.25) is 4.79 Å². The second-order valence-corrected chi connectivity index (χ2v) is 6.79. The first kappa shape index (κ1) is 17.8. The molecule has 1 saturated heterocycles. The minimum Gasteiger partial charge on any atom is -0.353 e. The fourth-order valence-electron chi connectivity index (χ4n) is 2.60. The summed E-state index contributed by atoms with van der Waals surface area (Å²) in [5, 5.41) is 5.97. The van der Waals surface area contributed by atoms with E-state index in [-0.39, 0.29) is 18.0 Å². The molecule has 1 fully saturated rings. The lowest BCUT2D eigenvalue weighted by atomic mass is 10.0. The van der Waals surface area contributed by atoms with Crippen LogP contribution in [-0.4, -0.2) is 36.0 Å². The van der Waals surface area contributed by atoms with Crippen LogP contribution in [0.3, 0.4) is 0 Å². The monoisotopic (exact) mass is 381 g/mol. The van der Waals surface area contributed by atoms with Crippen molar-refractivity contribution in [3.63, 3.8) is 0 Å². The Labute approximate surface area is 145 Å². The molecular weight excluding hydrogens is 358 g/mol. The molecule has 2 rings (SSSR count). The Kier molecular flexibility index (Phi) is 6.89. The van der Waals surface area contributed by atoms with E-state index in [2.05, 4.69) is 33.5 Å². The fraction of sp³-hybridized carbons (Fsp3) is 0.529. The van der Waals surface area contributed by atoms with E-state index in [4.69, 9.17) is 0 Å². The Balaban J connectivity index is 1.74. The first-order valence-electron chi connectivity index (χ1n) is 8.19. The van der Waals surface area contributed by atoms with Crippen LogP contribution < -0.4 is 10.6 Å². The van der Waals surface area contributed by atoms with Gasteiger partial charge >= 0.3 is 6.03 Å². The molecule has 1 aliphatic rings. The van der Waals surface area contributed by atoms with Crippen LogP contribution in [0.2, 0.25) is 0 Å². The number of carbonyl (C=O) groups is 2. The number of urea groups is 1. The number of nitrogens with zero attached hydrogens (tertiary/aromatic N) is 1. The van der Waals surface area contributed by atoms with Gasteiger partial charge in [-0.2, -0.15) is 0 Å². The number of hydrogen-bond donors (Lipinski definition) is 2. The highest BCUT2D eigenvalue weighted by Gasteiger charge is 2.23. The van der Waals surface area contributed by atoms with Gasteiger partial charge in [-0.15, -0.1) is 0 Å². The van der Waals surface area contributed by atoms with Gasteiger partial charge < -0.3 is 15.5 Å². The largest absolute Gasteiger partial charge is 0.353 e. The van der Waals surface area contributed by atoms with Gasteiger partial charge in [0.2, 0.25) is 5.91 Å². The summed E-state index contributed by atoms with van der Waals surface area (Å²) in [6.07, 6.45) is 4.18. The summed E-state index contributed by atoms with van der Waals surface area (Å²) in [4.78, 5) is 25.8. The fourth-order valence-corrected chi connectivity index (χ4v) is 2.86. The van der Waals surface area contributed by atoms with Crippen LogP contribution in [0.15, 0.2) is 28.7 Å². The Morgan fingerprint density at radius 3 is 2.48 bits per heavy atom. The quantitative estimate of drug-likeness (QED) is 0.815. The van der Waals surface area contributed by atoms with Crippen molar-refractivity contribution >= 4 is 33.6 Å². The smallest absolute Gasteiger partial charge is 0.321 e. The third-order valence-electron chi connectivity index (χ3n) is 4.00. The van der Waals surface area contributed by atoms with Gasteiger partial charge in [0.15, 0.2) is 0 Å². The zero-order valence-electron chi connectivity index (χ0n) is 13.5. The topological polar surface area (TPSA) is 61.4 Å². The standard InChI is InChI=1S/C17H24BrN3O2/c1-2-3-4-16(22)19-15-9-11-21(12-10-15)17(23)20-14-7-5-13(18)6-8-14/h5-8,15H,2-4,9-12H2,1H3,(H,19,22)(H,20,23). The first-order chi connectivity index (χ1) is 11.1. The van der Waals surface area contributed by atoms with Crippen molar-refractivity contribution in [1.82, 2.24) is 10.2 Å². The van der Waals surface area contributed by atoms with E-state index < -0.39 is 0 Å². The number of hydrogen-bond acceptors (Lipinski definition) is 2. The predicted molar refractivity (Wildman–Crippen MR) is 95.4 cm³/mol. The molecule has 0 aliphatic carbocycles. The van der Waals surface area contributed by atoms with E-state index in [9.17, 15) is 9.59 Å². The molecule has 0 saturated carbocycles. The van der Waals surface area contributed by atoms with Gasteiger partial charge in [0, 0.05) is 35.7 Å². The highest BCUT2D eigenvalue weighted by atomic mass is 79.9. The van der Waals surface area contributed by atoms with Crippen LogP contribution >= 0.6 is 15.9 Å². The molecule has 2 N–H and O–H groups in total. The molecule has 5 nitrogen and oxygen atoms in total. The number of rotatable bonds is 5. The summed E-state index contributed by atoms with van der Waals surface area (Å²) in [5.74, 6) is 0.129. The number of benzene rings is 1. The number of amides is 3. The number of piperidine rings is 1. The van der Waals surface area contributed by atoms with Gasteiger partial charge in [0.1, 0.15) is 0 Å². The van der Waals surface area contributed by atoms with E-state index in [0.29, 0.717) is 19.5 Å². The average molecular weight is 382 g/mol. The maximum Gasteiger partial charge on any atom is 0.321 e. The molecule has 23 heavy (non-hydrogen) atoms. The molecule has 0 spiro atoms. The molecule has 1 aromatic carbocycles. The van der Waals surface area contributed by atoms with Gasteiger partial charge in [0.05, 0.1) is 0 Å². The molecule has 0 aromatic heterocycles. The van der Waals surface area contributed by atoms with Gasteiger partial charge in [-0.25, -0.2) is 4.79 Å². The van der Waals surface area contributed by atoms with Crippen LogP contribution in [0.25, 0.3) is 0 Å². The average Bonchev–Trinajstić information content (AvgIpc) is 2.55. The summed E-state index contributed by atoms with van der Waals surface area (Å²) in [6, 6.07) is 7.63. The Morgan fingerprint density at radius 2 is 1.87 bits per heavy atom. The lowest BCUT2D eigenvalue weighted by molar-refractivity contribution is -0.122. The molecule has 126 valence electrons. The molecule has 1 aliphatic heterocycles. The lowest BCUT2D eigenvalue weighted by Gasteiger charge is -2.32. The first-order valence-corrected chi connectivity index (χ1v) is 8.98. The summed E-state index contributed by atoms with van der Waals surface area (Å²) in [6.45, 7) is 3.41. The highest BCUT2D eigenvalue weighted by Crippen LogP contribution is 2.16. The summed E-state index contributed by atoms with van der Waals surface area (Å²) in [7, 11) is 0. The van der Waals surface area contributed by atoms with E-state index in [1.807, 2.05) is 24.3 Å². The second-order valence-electron chi connectivity index (χ2n) is 5.87. The molecule has 1 heterocycles. The van der Waals surface area contributed by atoms with Gasteiger partial charge in [0.25, 0.3) is 0 Å². The Morgan fingerprint density at radius 1 is 1.22 bits per heavy atom. The van der Waals surface area contributed by atoms with Crippen molar-refractivity contribution in [2.24, 2.45) is 0 Å². The van der Waals surface area contributed by atoms with Crippen LogP contribution in [0, 0.1) is 0 Å². The molecule has 3 amide bonds. The summed E-state index contributed by atoms with van der Waals surface area (Å²) in [5.41, 5.74) is 0.785. The second kappa shape index (κ2) is 8.91. The van der Waals surface area contributed by atoms with Crippen molar-refractivity contribution in [2.75, 3.05) is 18.4 Å². The molecule has 0 atom stereocenters. The Bertz CT molecular complexity index is 525. The predicted octanol–water partition coefficient (Wildman–Crippen LogP) is 3.75. The number of unbranched alkanes of at least 4 members (excludes halogenated alkanes) is 1. The number of carbonyl (C=O) groups excluding carboxylic acids is 2. The highest BCUT2D eigenvalue weighted by molar-refractivity contribution is 9.10. The zero-order chi connectivity index (χ0) is 16.7. The number of anilines is 1. The van der Waals surface area contributed by atoms with Gasteiger partial charge in [-0.1, -0.05) is 29.3 Å². The Hall–Kier alpha value is -1.56. The van der Waals surface area contributed by atoms with Crippen LogP contribution in [0.1, 0.15) is 39.0 Å². The van der Waals surface area contributed by atoms with Crippen molar-refractivity contribution in [1.29, 1.82) is 0 Å². The normalized spacial score (nSPS) is 15.3. The van der Waals surface area contributed by atoms with Crippen molar-refractivity contribution in [2.45, 2.75) is 45.1 Å². The molecule has 1 aromatic rings. The minimum atomic E-state index is -0.0805. The van der Waals surface area contributed by atoms with Crippen LogP contribution in [0.4, 0.5) is 10.5 Å². The molecule has 0 radical (unpaired) electrons. The van der Waals surface area contributed by atoms with E-state index in [1.54, 1.807) is 4.90 Å². The summed E-state index contributed by atoms with van der Waals surface area (Å²) < 4.78 is 0.982. The third-order valence-corrected chi connectivity index (χ3v) is 4.53. The van der Waals surface area contributed by atoms with Gasteiger partial charge in [-0.05, 0) is 43.5 Å². The van der Waals surface area contributed by atoms with Crippen molar-refractivity contribution in [3.05, 3.63) is 28.7 Å². The van der Waals surface area contributed by atoms with E-state index in [0.717, 1.165) is 35.8 Å². The SMILES string of the molecule is CCCCC(=O)NC1CCN(C(=O)Nc2ccc(Br)cc2)CC1. The number of halogens is 1. The van der Waals surface area contributed by atoms with E-state index >= 15 is 0 Å². The minimum absolute atomic E-state index is 0.0805. The lowest BCUT2D eigenvalue weighted by Crippen LogP contribution is -2.47. The number of nitrogens with one attached hydrogen (secondary N) is 2. The maximum atomic E-state index is 12.2. The van der Waals surface area contributed by atoms with Crippen LogP contribution in [0.5, 0.6) is 0 Å². The molecule has 6 heteroatoms. The summed E-state index contributed by atoms with van der Waals surface area (Å²) >= 11 is 3.37. The number of likely N-dealkylation sites (tertiary alicyclic amines) is 1. The molecule has 0 unspecified atom stereocenters. The zero-order valence-corrected chi connectivity index (χ0v) is 15.1. The molecule has 0 bridgehead atoms.